The SMILES string of the molecule is Nc1cc(C(F)(F)F)cc(NC2CCCCCC2)n1. The zero-order valence-corrected chi connectivity index (χ0v) is 10.6. The van der Waals surface area contributed by atoms with E-state index in [1.54, 1.807) is 0 Å². The lowest BCUT2D eigenvalue weighted by molar-refractivity contribution is -0.137. The summed E-state index contributed by atoms with van der Waals surface area (Å²) in [5.41, 5.74) is 4.69. The van der Waals surface area contributed by atoms with Gasteiger partial charge in [0.05, 0.1) is 5.56 Å². The highest BCUT2D eigenvalue weighted by molar-refractivity contribution is 5.48. The highest BCUT2D eigenvalue weighted by atomic mass is 19.4. The lowest BCUT2D eigenvalue weighted by Crippen LogP contribution is -2.20. The van der Waals surface area contributed by atoms with Crippen molar-refractivity contribution in [3.63, 3.8) is 0 Å². The van der Waals surface area contributed by atoms with Crippen LogP contribution in [0.2, 0.25) is 0 Å². The fourth-order valence-corrected chi connectivity index (χ4v) is 2.42. The maximum atomic E-state index is 12.7. The Morgan fingerprint density at radius 1 is 1.11 bits per heavy atom. The molecule has 1 aliphatic carbocycles. The number of alkyl halides is 3. The van der Waals surface area contributed by atoms with Gasteiger partial charge in [-0.3, -0.25) is 0 Å². The Morgan fingerprint density at radius 3 is 2.32 bits per heavy atom. The predicted molar refractivity (Wildman–Crippen MR) is 68.8 cm³/mol. The van der Waals surface area contributed by atoms with E-state index in [9.17, 15) is 13.2 Å². The Hall–Kier alpha value is -1.46. The Morgan fingerprint density at radius 2 is 1.74 bits per heavy atom. The fourth-order valence-electron chi connectivity index (χ4n) is 2.42. The molecule has 1 aromatic rings. The molecule has 106 valence electrons. The second kappa shape index (κ2) is 5.67. The highest BCUT2D eigenvalue weighted by Crippen LogP contribution is 2.32. The van der Waals surface area contributed by atoms with Crippen molar-refractivity contribution in [2.75, 3.05) is 11.1 Å². The minimum atomic E-state index is -4.39. The van der Waals surface area contributed by atoms with E-state index in [-0.39, 0.29) is 17.7 Å². The van der Waals surface area contributed by atoms with Crippen molar-refractivity contribution < 1.29 is 13.2 Å². The second-order valence-electron chi connectivity index (χ2n) is 5.00. The number of pyridine rings is 1. The van der Waals surface area contributed by atoms with E-state index in [1.165, 1.54) is 12.8 Å². The van der Waals surface area contributed by atoms with Gasteiger partial charge in [0.15, 0.2) is 0 Å². The number of nitrogens with two attached hydrogens (primary N) is 1. The molecular weight excluding hydrogens is 255 g/mol. The third-order valence-corrected chi connectivity index (χ3v) is 3.38. The van der Waals surface area contributed by atoms with Gasteiger partial charge < -0.3 is 11.1 Å². The number of nitrogen functional groups attached to an aromatic ring is 1. The fraction of sp³-hybridized carbons (Fsp3) is 0.615. The third kappa shape index (κ3) is 4.01. The van der Waals surface area contributed by atoms with Gasteiger partial charge >= 0.3 is 6.18 Å². The maximum absolute atomic E-state index is 12.7. The largest absolute Gasteiger partial charge is 0.416 e. The summed E-state index contributed by atoms with van der Waals surface area (Å²) >= 11 is 0. The Balaban J connectivity index is 2.13. The van der Waals surface area contributed by atoms with Gasteiger partial charge in [-0.25, -0.2) is 4.98 Å². The molecule has 1 aliphatic rings. The van der Waals surface area contributed by atoms with Gasteiger partial charge in [-0.1, -0.05) is 25.7 Å². The van der Waals surface area contributed by atoms with Crippen LogP contribution < -0.4 is 11.1 Å². The topological polar surface area (TPSA) is 50.9 Å². The third-order valence-electron chi connectivity index (χ3n) is 3.38. The van der Waals surface area contributed by atoms with E-state index in [1.807, 2.05) is 0 Å². The average Bonchev–Trinajstić information content (AvgIpc) is 2.55. The monoisotopic (exact) mass is 273 g/mol. The molecule has 0 radical (unpaired) electrons. The summed E-state index contributed by atoms with van der Waals surface area (Å²) in [6.07, 6.45) is 2.14. The number of halogens is 3. The number of anilines is 2. The van der Waals surface area contributed by atoms with Crippen LogP contribution >= 0.6 is 0 Å². The summed E-state index contributed by atoms with van der Waals surface area (Å²) in [6, 6.07) is 2.08. The molecule has 0 bridgehead atoms. The van der Waals surface area contributed by atoms with Gasteiger partial charge in [0.25, 0.3) is 0 Å². The van der Waals surface area contributed by atoms with Gasteiger partial charge in [-0.05, 0) is 25.0 Å². The summed E-state index contributed by atoms with van der Waals surface area (Å²) in [6.45, 7) is 0. The lowest BCUT2D eigenvalue weighted by Gasteiger charge is -2.18. The van der Waals surface area contributed by atoms with Crippen LogP contribution in [0.1, 0.15) is 44.1 Å². The van der Waals surface area contributed by atoms with Crippen molar-refractivity contribution in [1.82, 2.24) is 4.98 Å². The Kier molecular flexibility index (Phi) is 4.17. The molecule has 3 nitrogen and oxygen atoms in total. The molecule has 1 aromatic heterocycles. The quantitative estimate of drug-likeness (QED) is 0.805. The molecule has 0 atom stereocenters. The summed E-state index contributed by atoms with van der Waals surface area (Å²) in [5, 5.41) is 3.08. The summed E-state index contributed by atoms with van der Waals surface area (Å²) in [7, 11) is 0. The van der Waals surface area contributed by atoms with E-state index in [4.69, 9.17) is 5.73 Å². The molecule has 0 unspecified atom stereocenters. The Bertz CT molecular complexity index is 424. The van der Waals surface area contributed by atoms with Gasteiger partial charge in [0.2, 0.25) is 0 Å². The van der Waals surface area contributed by atoms with E-state index in [0.29, 0.717) is 0 Å². The molecule has 0 amide bonds. The molecule has 1 saturated carbocycles. The normalized spacial score (nSPS) is 18.1. The summed E-state index contributed by atoms with van der Waals surface area (Å²) in [4.78, 5) is 3.94. The van der Waals surface area contributed by atoms with Crippen LogP contribution in [0.5, 0.6) is 0 Å². The van der Waals surface area contributed by atoms with Gasteiger partial charge in [-0.15, -0.1) is 0 Å². The summed E-state index contributed by atoms with van der Waals surface area (Å²) in [5.74, 6) is 0.116. The maximum Gasteiger partial charge on any atom is 0.416 e. The van der Waals surface area contributed by atoms with Gasteiger partial charge in [-0.2, -0.15) is 13.2 Å². The van der Waals surface area contributed by atoms with E-state index >= 15 is 0 Å². The minimum absolute atomic E-state index is 0.106. The van der Waals surface area contributed by atoms with Crippen LogP contribution in [0.3, 0.4) is 0 Å². The van der Waals surface area contributed by atoms with E-state index in [0.717, 1.165) is 37.8 Å². The van der Waals surface area contributed by atoms with Crippen LogP contribution in [0, 0.1) is 0 Å². The first kappa shape index (κ1) is 14.0. The van der Waals surface area contributed by atoms with Gasteiger partial charge in [0, 0.05) is 6.04 Å². The van der Waals surface area contributed by atoms with Crippen LogP contribution in [-0.4, -0.2) is 11.0 Å². The molecule has 1 heterocycles. The smallest absolute Gasteiger partial charge is 0.384 e. The Labute approximate surface area is 110 Å². The van der Waals surface area contributed by atoms with Crippen LogP contribution in [0.25, 0.3) is 0 Å². The second-order valence-corrected chi connectivity index (χ2v) is 5.00. The standard InChI is InChI=1S/C13H18F3N3/c14-13(15,16)9-7-11(17)19-12(8-9)18-10-5-3-1-2-4-6-10/h7-8,10H,1-6H2,(H3,17,18,19). The molecule has 6 heteroatoms. The first-order chi connectivity index (χ1) is 8.95. The van der Waals surface area contributed by atoms with Crippen LogP contribution in [0.4, 0.5) is 24.8 Å². The molecular formula is C13H18F3N3. The number of nitrogens with one attached hydrogen (secondary N) is 1. The molecule has 19 heavy (non-hydrogen) atoms. The molecule has 1 fully saturated rings. The zero-order chi connectivity index (χ0) is 13.9. The van der Waals surface area contributed by atoms with Crippen molar-refractivity contribution in [3.05, 3.63) is 17.7 Å². The molecule has 0 aromatic carbocycles. The number of rotatable bonds is 2. The van der Waals surface area contributed by atoms with Crippen molar-refractivity contribution in [3.8, 4) is 0 Å². The lowest BCUT2D eigenvalue weighted by atomic mass is 10.1. The number of nitrogens with zero attached hydrogens (tertiary/aromatic N) is 1. The van der Waals surface area contributed by atoms with Crippen molar-refractivity contribution in [2.45, 2.75) is 50.7 Å². The highest BCUT2D eigenvalue weighted by Gasteiger charge is 2.31. The number of hydrogen-bond acceptors (Lipinski definition) is 3. The van der Waals surface area contributed by atoms with Crippen molar-refractivity contribution in [1.29, 1.82) is 0 Å². The van der Waals surface area contributed by atoms with E-state index < -0.39 is 11.7 Å². The predicted octanol–water partition coefficient (Wildman–Crippen LogP) is 3.82. The minimum Gasteiger partial charge on any atom is -0.384 e. The zero-order valence-electron chi connectivity index (χ0n) is 10.6. The molecule has 3 N–H and O–H groups in total. The van der Waals surface area contributed by atoms with Crippen LogP contribution in [-0.2, 0) is 6.18 Å². The first-order valence-electron chi connectivity index (χ1n) is 6.56. The number of hydrogen-bond donors (Lipinski definition) is 2. The summed E-state index contributed by atoms with van der Waals surface area (Å²) < 4.78 is 38.0. The molecule has 0 saturated heterocycles. The van der Waals surface area contributed by atoms with Crippen LogP contribution in [0.15, 0.2) is 12.1 Å². The number of aromatic nitrogens is 1. The molecule has 0 aliphatic heterocycles. The van der Waals surface area contributed by atoms with Gasteiger partial charge in [0.1, 0.15) is 11.6 Å². The van der Waals surface area contributed by atoms with Crippen molar-refractivity contribution in [2.24, 2.45) is 0 Å². The van der Waals surface area contributed by atoms with Crippen molar-refractivity contribution >= 4 is 11.6 Å². The van der Waals surface area contributed by atoms with E-state index in [2.05, 4.69) is 10.3 Å². The molecule has 2 rings (SSSR count). The molecule has 0 spiro atoms. The first-order valence-corrected chi connectivity index (χ1v) is 6.56. The average molecular weight is 273 g/mol.